The molecule has 0 heterocycles. The van der Waals surface area contributed by atoms with E-state index in [4.69, 9.17) is 5.73 Å². The molecule has 0 saturated carbocycles. The average molecular weight is 261 g/mol. The third-order valence-electron chi connectivity index (χ3n) is 2.80. The molecule has 3 nitrogen and oxygen atoms in total. The second-order valence-corrected chi connectivity index (χ2v) is 6.25. The number of rotatable bonds is 3. The fourth-order valence-electron chi connectivity index (χ4n) is 1.79. The summed E-state index contributed by atoms with van der Waals surface area (Å²) in [7, 11) is -3.20. The molecule has 0 aliphatic carbocycles. The van der Waals surface area contributed by atoms with Gasteiger partial charge in [-0.1, -0.05) is 42.5 Å². The van der Waals surface area contributed by atoms with Gasteiger partial charge in [0.25, 0.3) is 0 Å². The van der Waals surface area contributed by atoms with Gasteiger partial charge in [-0.25, -0.2) is 8.42 Å². The predicted octanol–water partition coefficient (Wildman–Crippen LogP) is 2.14. The van der Waals surface area contributed by atoms with Crippen molar-refractivity contribution in [2.24, 2.45) is 5.73 Å². The molecular formula is C14H15NO2S. The first-order chi connectivity index (χ1) is 8.48. The van der Waals surface area contributed by atoms with Crippen LogP contribution in [0.5, 0.6) is 0 Å². The van der Waals surface area contributed by atoms with E-state index in [0.717, 1.165) is 11.1 Å². The van der Waals surface area contributed by atoms with Crippen molar-refractivity contribution in [1.82, 2.24) is 0 Å². The first-order valence-corrected chi connectivity index (χ1v) is 7.48. The predicted molar refractivity (Wildman–Crippen MR) is 72.0 cm³/mol. The van der Waals surface area contributed by atoms with Gasteiger partial charge in [-0.15, -0.1) is 0 Å². The Balaban J connectivity index is 2.41. The Kier molecular flexibility index (Phi) is 3.50. The van der Waals surface area contributed by atoms with E-state index in [1.807, 2.05) is 36.4 Å². The molecule has 2 rings (SSSR count). The van der Waals surface area contributed by atoms with Crippen molar-refractivity contribution in [3.05, 3.63) is 65.7 Å². The lowest BCUT2D eigenvalue weighted by atomic mass is 10.00. The van der Waals surface area contributed by atoms with Crippen LogP contribution < -0.4 is 5.73 Å². The second-order valence-electron chi connectivity index (χ2n) is 4.23. The molecule has 0 aliphatic rings. The van der Waals surface area contributed by atoms with E-state index in [-0.39, 0.29) is 6.04 Å². The van der Waals surface area contributed by atoms with Crippen LogP contribution >= 0.6 is 0 Å². The minimum absolute atomic E-state index is 0.298. The van der Waals surface area contributed by atoms with Gasteiger partial charge < -0.3 is 5.73 Å². The number of sulfone groups is 1. The van der Waals surface area contributed by atoms with Crippen molar-refractivity contribution in [3.63, 3.8) is 0 Å². The molecule has 0 amide bonds. The van der Waals surface area contributed by atoms with Crippen LogP contribution in [0.4, 0.5) is 0 Å². The first kappa shape index (κ1) is 12.8. The summed E-state index contributed by atoms with van der Waals surface area (Å²) >= 11 is 0. The molecule has 0 aliphatic heterocycles. The molecule has 94 valence electrons. The second kappa shape index (κ2) is 4.92. The molecule has 2 aromatic rings. The summed E-state index contributed by atoms with van der Waals surface area (Å²) < 4.78 is 23.0. The number of hydrogen-bond donors (Lipinski definition) is 1. The van der Waals surface area contributed by atoms with E-state index >= 15 is 0 Å². The van der Waals surface area contributed by atoms with Gasteiger partial charge in [0, 0.05) is 6.26 Å². The fourth-order valence-corrected chi connectivity index (χ4v) is 2.47. The first-order valence-electron chi connectivity index (χ1n) is 5.59. The number of nitrogens with two attached hydrogens (primary N) is 1. The van der Waals surface area contributed by atoms with Crippen molar-refractivity contribution < 1.29 is 8.42 Å². The summed E-state index contributed by atoms with van der Waals surface area (Å²) in [5.41, 5.74) is 7.89. The molecule has 0 bridgehead atoms. The Morgan fingerprint density at radius 3 is 2.17 bits per heavy atom. The zero-order valence-corrected chi connectivity index (χ0v) is 10.9. The van der Waals surface area contributed by atoms with Crippen LogP contribution in [0.3, 0.4) is 0 Å². The third-order valence-corrected chi connectivity index (χ3v) is 3.91. The van der Waals surface area contributed by atoms with Gasteiger partial charge >= 0.3 is 0 Å². The Bertz CT molecular complexity index is 636. The zero-order valence-electron chi connectivity index (χ0n) is 10.1. The Labute approximate surface area is 107 Å². The van der Waals surface area contributed by atoms with Crippen molar-refractivity contribution in [1.29, 1.82) is 0 Å². The third kappa shape index (κ3) is 2.78. The zero-order chi connectivity index (χ0) is 13.2. The van der Waals surface area contributed by atoms with E-state index in [2.05, 4.69) is 0 Å². The highest BCUT2D eigenvalue weighted by atomic mass is 32.2. The van der Waals surface area contributed by atoms with Crippen molar-refractivity contribution in [2.45, 2.75) is 10.9 Å². The van der Waals surface area contributed by atoms with Gasteiger partial charge in [0.1, 0.15) is 0 Å². The summed E-state index contributed by atoms with van der Waals surface area (Å²) in [6.07, 6.45) is 1.19. The van der Waals surface area contributed by atoms with Gasteiger partial charge in [-0.3, -0.25) is 0 Å². The molecule has 4 heteroatoms. The topological polar surface area (TPSA) is 60.2 Å². The average Bonchev–Trinajstić information content (AvgIpc) is 2.38. The molecule has 0 unspecified atom stereocenters. The molecular weight excluding hydrogens is 246 g/mol. The van der Waals surface area contributed by atoms with Gasteiger partial charge in [0.05, 0.1) is 10.9 Å². The maximum absolute atomic E-state index is 11.5. The summed E-state index contributed by atoms with van der Waals surface area (Å²) in [6.45, 7) is 0. The van der Waals surface area contributed by atoms with Gasteiger partial charge in [-0.2, -0.15) is 0 Å². The molecule has 18 heavy (non-hydrogen) atoms. The van der Waals surface area contributed by atoms with E-state index in [0.29, 0.717) is 4.90 Å². The molecule has 0 aromatic heterocycles. The standard InChI is InChI=1S/C14H15NO2S/c1-18(16,17)13-9-5-8-12(10-13)14(15)11-6-3-2-4-7-11/h2-10,14H,15H2,1H3/t14-/m1/s1. The van der Waals surface area contributed by atoms with Gasteiger partial charge in [0.15, 0.2) is 9.84 Å². The Morgan fingerprint density at radius 1 is 0.944 bits per heavy atom. The largest absolute Gasteiger partial charge is 0.320 e. The van der Waals surface area contributed by atoms with Crippen LogP contribution in [-0.4, -0.2) is 14.7 Å². The molecule has 0 radical (unpaired) electrons. The lowest BCUT2D eigenvalue weighted by Gasteiger charge is -2.13. The van der Waals surface area contributed by atoms with Crippen LogP contribution in [0.25, 0.3) is 0 Å². The lowest BCUT2D eigenvalue weighted by molar-refractivity contribution is 0.601. The molecule has 0 spiro atoms. The van der Waals surface area contributed by atoms with Crippen molar-refractivity contribution in [3.8, 4) is 0 Å². The van der Waals surface area contributed by atoms with Crippen molar-refractivity contribution in [2.75, 3.05) is 6.26 Å². The minimum Gasteiger partial charge on any atom is -0.320 e. The van der Waals surface area contributed by atoms with E-state index in [1.165, 1.54) is 6.26 Å². The minimum atomic E-state index is -3.20. The van der Waals surface area contributed by atoms with Crippen LogP contribution in [-0.2, 0) is 9.84 Å². The maximum atomic E-state index is 11.5. The SMILES string of the molecule is CS(=O)(=O)c1cccc([C@H](N)c2ccccc2)c1. The van der Waals surface area contributed by atoms with E-state index in [1.54, 1.807) is 18.2 Å². The summed E-state index contributed by atoms with van der Waals surface area (Å²) in [6, 6.07) is 16.1. The summed E-state index contributed by atoms with van der Waals surface area (Å²) in [5.74, 6) is 0. The Morgan fingerprint density at radius 2 is 1.56 bits per heavy atom. The number of benzene rings is 2. The highest BCUT2D eigenvalue weighted by molar-refractivity contribution is 7.90. The van der Waals surface area contributed by atoms with E-state index in [9.17, 15) is 8.42 Å². The molecule has 0 fully saturated rings. The highest BCUT2D eigenvalue weighted by Crippen LogP contribution is 2.21. The van der Waals surface area contributed by atoms with E-state index < -0.39 is 9.84 Å². The summed E-state index contributed by atoms with van der Waals surface area (Å²) in [5, 5.41) is 0. The fraction of sp³-hybridized carbons (Fsp3) is 0.143. The maximum Gasteiger partial charge on any atom is 0.175 e. The Hall–Kier alpha value is -1.65. The monoisotopic (exact) mass is 261 g/mol. The van der Waals surface area contributed by atoms with Crippen LogP contribution in [0, 0.1) is 0 Å². The normalized spacial score (nSPS) is 13.2. The van der Waals surface area contributed by atoms with Crippen molar-refractivity contribution >= 4 is 9.84 Å². The van der Waals surface area contributed by atoms with Crippen LogP contribution in [0.15, 0.2) is 59.5 Å². The van der Waals surface area contributed by atoms with Gasteiger partial charge in [-0.05, 0) is 23.3 Å². The number of hydrogen-bond acceptors (Lipinski definition) is 3. The smallest absolute Gasteiger partial charge is 0.175 e. The molecule has 2 N–H and O–H groups in total. The van der Waals surface area contributed by atoms with Crippen LogP contribution in [0.2, 0.25) is 0 Å². The summed E-state index contributed by atoms with van der Waals surface area (Å²) in [4.78, 5) is 0.298. The quantitative estimate of drug-likeness (QED) is 0.920. The molecule has 1 atom stereocenters. The van der Waals surface area contributed by atoms with Gasteiger partial charge in [0.2, 0.25) is 0 Å². The van der Waals surface area contributed by atoms with Crippen LogP contribution in [0.1, 0.15) is 17.2 Å². The molecule has 0 saturated heterocycles. The highest BCUT2D eigenvalue weighted by Gasteiger charge is 2.12. The lowest BCUT2D eigenvalue weighted by Crippen LogP contribution is -2.12. The molecule has 2 aromatic carbocycles.